The third-order valence-corrected chi connectivity index (χ3v) is 17.2. The molecule has 0 fully saturated rings. The van der Waals surface area contributed by atoms with Gasteiger partial charge in [-0.15, -0.1) is 22.7 Å². The van der Waals surface area contributed by atoms with E-state index in [2.05, 4.69) is 229 Å². The van der Waals surface area contributed by atoms with Gasteiger partial charge < -0.3 is 9.13 Å². The fraction of sp³-hybridized carbons (Fsp3) is 0.0476. The molecule has 4 aromatic heterocycles. The molecule has 4 heterocycles. The number of thiophene rings is 2. The number of hydrogen-bond acceptors (Lipinski definition) is 2. The number of fused-ring (bicyclic) bond motifs is 15. The summed E-state index contributed by atoms with van der Waals surface area (Å²) in [5, 5.41) is 10.4. The lowest BCUT2D eigenvalue weighted by Crippen LogP contribution is -2.14. The van der Waals surface area contributed by atoms with Crippen LogP contribution >= 0.6 is 22.7 Å². The number of aromatic nitrogens is 2. The molecular formula is C63H40N2S2. The number of para-hydroxylation sites is 2. The molecule has 14 aromatic rings. The maximum absolute atomic E-state index is 2.50. The molecule has 0 saturated heterocycles. The molecule has 0 spiro atoms. The van der Waals surface area contributed by atoms with Crippen molar-refractivity contribution in [3.8, 4) is 44.8 Å². The first-order valence-electron chi connectivity index (χ1n) is 23.2. The van der Waals surface area contributed by atoms with Crippen LogP contribution in [-0.2, 0) is 5.41 Å². The van der Waals surface area contributed by atoms with Crippen LogP contribution in [0.2, 0.25) is 0 Å². The number of rotatable bonds is 4. The lowest BCUT2D eigenvalue weighted by Gasteiger charge is -2.21. The van der Waals surface area contributed by atoms with Crippen molar-refractivity contribution in [2.75, 3.05) is 0 Å². The van der Waals surface area contributed by atoms with Crippen molar-refractivity contribution < 1.29 is 0 Å². The van der Waals surface area contributed by atoms with Gasteiger partial charge in [0.25, 0.3) is 0 Å². The molecule has 0 amide bonds. The number of nitrogens with zero attached hydrogens (tertiary/aromatic N) is 2. The highest BCUT2D eigenvalue weighted by molar-refractivity contribution is 7.26. The molecule has 0 aliphatic heterocycles. The molecular weight excluding hydrogens is 849 g/mol. The highest BCUT2D eigenvalue weighted by atomic mass is 32.1. The lowest BCUT2D eigenvalue weighted by atomic mass is 9.82. The Morgan fingerprint density at radius 1 is 0.313 bits per heavy atom. The predicted octanol–water partition coefficient (Wildman–Crippen LogP) is 18.3. The third-order valence-electron chi connectivity index (χ3n) is 14.9. The van der Waals surface area contributed by atoms with Crippen molar-refractivity contribution in [1.29, 1.82) is 0 Å². The average Bonchev–Trinajstić information content (AvgIpc) is 4.16. The first-order chi connectivity index (χ1) is 33.0. The van der Waals surface area contributed by atoms with Gasteiger partial charge in [-0.3, -0.25) is 0 Å². The zero-order valence-electron chi connectivity index (χ0n) is 36.8. The van der Waals surface area contributed by atoms with Gasteiger partial charge in [0, 0.05) is 78.7 Å². The third kappa shape index (κ3) is 5.25. The van der Waals surface area contributed by atoms with Crippen molar-refractivity contribution in [3.63, 3.8) is 0 Å². The number of benzene rings is 10. The topological polar surface area (TPSA) is 9.86 Å². The number of hydrogen-bond donors (Lipinski definition) is 0. The van der Waals surface area contributed by atoms with Crippen LogP contribution < -0.4 is 0 Å². The zero-order valence-corrected chi connectivity index (χ0v) is 38.5. The Labute approximate surface area is 394 Å². The fourth-order valence-electron chi connectivity index (χ4n) is 11.8. The molecule has 0 radical (unpaired) electrons. The van der Waals surface area contributed by atoms with E-state index in [1.807, 2.05) is 22.7 Å². The molecule has 2 nitrogen and oxygen atoms in total. The molecule has 0 saturated carbocycles. The normalized spacial score (nSPS) is 13.3. The molecule has 10 aromatic carbocycles. The summed E-state index contributed by atoms with van der Waals surface area (Å²) in [5.74, 6) is 0. The summed E-state index contributed by atoms with van der Waals surface area (Å²) in [6, 6.07) is 77.5. The monoisotopic (exact) mass is 888 g/mol. The lowest BCUT2D eigenvalue weighted by molar-refractivity contribution is 0.661. The summed E-state index contributed by atoms with van der Waals surface area (Å²) in [6.07, 6.45) is 0. The predicted molar refractivity (Wildman–Crippen MR) is 289 cm³/mol. The Bertz CT molecular complexity index is 4410. The molecule has 1 aliphatic rings. The van der Waals surface area contributed by atoms with E-state index in [9.17, 15) is 0 Å². The van der Waals surface area contributed by atoms with Gasteiger partial charge in [-0.05, 0) is 142 Å². The average molecular weight is 889 g/mol. The van der Waals surface area contributed by atoms with Crippen molar-refractivity contribution in [2.45, 2.75) is 19.3 Å². The van der Waals surface area contributed by atoms with Gasteiger partial charge in [-0.1, -0.05) is 123 Å². The van der Waals surface area contributed by atoms with Crippen LogP contribution in [0.1, 0.15) is 25.0 Å². The summed E-state index contributed by atoms with van der Waals surface area (Å²) in [5.41, 5.74) is 17.6. The van der Waals surface area contributed by atoms with Crippen molar-refractivity contribution in [3.05, 3.63) is 217 Å². The van der Waals surface area contributed by atoms with E-state index in [1.54, 1.807) is 0 Å². The zero-order chi connectivity index (χ0) is 44.1. The van der Waals surface area contributed by atoms with Crippen LogP contribution in [0.15, 0.2) is 206 Å². The molecule has 4 heteroatoms. The standard InChI is InChI=1S/C63H40N2S2/c1-63(2)52-21-11-9-18-43(52)45-35-56-49(34-53(45)63)47-32-39(25-28-55(47)64(56)40-14-5-3-6-15-40)42-20-13-23-60-62(42)51-31-38(26-29-59(51)66-60)37-24-27-54-46(30-37)48-33-50-44-19-10-12-22-58(44)67-61(50)36-57(48)65(54)41-16-7-4-8-17-41/h3-36H,1-2H3. The SMILES string of the molecule is CC1(C)c2ccccc2-c2cc3c(cc21)c1cc(-c2cccc4sc5ccc(-c6ccc7c(c6)c6cc8c(cc6n7-c6ccccc6)sc6ccccc68)cc5c24)ccc1n3-c1ccccc1. The van der Waals surface area contributed by atoms with Crippen molar-refractivity contribution in [1.82, 2.24) is 9.13 Å². The second kappa shape index (κ2) is 13.6. The summed E-state index contributed by atoms with van der Waals surface area (Å²) < 4.78 is 10.2. The molecule has 67 heavy (non-hydrogen) atoms. The smallest absolute Gasteiger partial charge is 0.0555 e. The van der Waals surface area contributed by atoms with Gasteiger partial charge >= 0.3 is 0 Å². The van der Waals surface area contributed by atoms with E-state index in [4.69, 9.17) is 0 Å². The summed E-state index contributed by atoms with van der Waals surface area (Å²) in [7, 11) is 0. The van der Waals surface area contributed by atoms with Gasteiger partial charge in [0.05, 0.1) is 22.1 Å². The van der Waals surface area contributed by atoms with E-state index in [-0.39, 0.29) is 5.41 Å². The Morgan fingerprint density at radius 3 is 1.64 bits per heavy atom. The highest BCUT2D eigenvalue weighted by Crippen LogP contribution is 2.52. The molecule has 0 unspecified atom stereocenters. The molecule has 0 bridgehead atoms. The second-order valence-electron chi connectivity index (χ2n) is 18.8. The minimum absolute atomic E-state index is 0.0906. The second-order valence-corrected chi connectivity index (χ2v) is 21.0. The van der Waals surface area contributed by atoms with Crippen molar-refractivity contribution in [2.24, 2.45) is 0 Å². The molecule has 0 atom stereocenters. The Balaban J connectivity index is 0.923. The van der Waals surface area contributed by atoms with E-state index < -0.39 is 0 Å². The van der Waals surface area contributed by atoms with Gasteiger partial charge in [-0.25, -0.2) is 0 Å². The van der Waals surface area contributed by atoms with Gasteiger partial charge in [0.1, 0.15) is 0 Å². The van der Waals surface area contributed by atoms with E-state index in [0.717, 1.165) is 0 Å². The maximum Gasteiger partial charge on any atom is 0.0555 e. The van der Waals surface area contributed by atoms with E-state index >= 15 is 0 Å². The molecule has 314 valence electrons. The minimum atomic E-state index is -0.0906. The van der Waals surface area contributed by atoms with Crippen LogP contribution in [0.3, 0.4) is 0 Å². The minimum Gasteiger partial charge on any atom is -0.309 e. The van der Waals surface area contributed by atoms with Crippen molar-refractivity contribution >= 4 is 107 Å². The van der Waals surface area contributed by atoms with E-state index in [1.165, 1.54) is 140 Å². The van der Waals surface area contributed by atoms with Gasteiger partial charge in [0.15, 0.2) is 0 Å². The van der Waals surface area contributed by atoms with Crippen LogP contribution in [-0.4, -0.2) is 9.13 Å². The van der Waals surface area contributed by atoms with Gasteiger partial charge in [0.2, 0.25) is 0 Å². The first kappa shape index (κ1) is 37.5. The Hall–Kier alpha value is -7.76. The Kier molecular flexibility index (Phi) is 7.63. The molecule has 15 rings (SSSR count). The molecule has 1 aliphatic carbocycles. The molecule has 0 N–H and O–H groups in total. The quantitative estimate of drug-likeness (QED) is 0.167. The fourth-order valence-corrected chi connectivity index (χ4v) is 14.0. The van der Waals surface area contributed by atoms with Gasteiger partial charge in [-0.2, -0.15) is 0 Å². The highest BCUT2D eigenvalue weighted by Gasteiger charge is 2.36. The summed E-state index contributed by atoms with van der Waals surface area (Å²) >= 11 is 3.77. The van der Waals surface area contributed by atoms with Crippen LogP contribution in [0, 0.1) is 0 Å². The Morgan fingerprint density at radius 2 is 0.866 bits per heavy atom. The van der Waals surface area contributed by atoms with Crippen LogP contribution in [0.5, 0.6) is 0 Å². The summed E-state index contributed by atoms with van der Waals surface area (Å²) in [4.78, 5) is 0. The first-order valence-corrected chi connectivity index (χ1v) is 24.8. The van der Waals surface area contributed by atoms with Crippen LogP contribution in [0.4, 0.5) is 0 Å². The maximum atomic E-state index is 2.50. The van der Waals surface area contributed by atoms with E-state index in [0.29, 0.717) is 0 Å². The summed E-state index contributed by atoms with van der Waals surface area (Å²) in [6.45, 7) is 4.76. The largest absolute Gasteiger partial charge is 0.309 e. The van der Waals surface area contributed by atoms with Crippen LogP contribution in [0.25, 0.3) is 129 Å².